The Hall–Kier alpha value is -1.80. The maximum atomic E-state index is 13.2. The van der Waals surface area contributed by atoms with Crippen LogP contribution in [-0.2, 0) is 19.6 Å². The van der Waals surface area contributed by atoms with Crippen LogP contribution < -0.4 is 5.32 Å². The number of nitrogens with one attached hydrogen (secondary N) is 1. The lowest BCUT2D eigenvalue weighted by molar-refractivity contribution is -0.134. The molecule has 26 heavy (non-hydrogen) atoms. The van der Waals surface area contributed by atoms with Crippen molar-refractivity contribution < 1.29 is 18.0 Å². The average molecular weight is 381 g/mol. The molecule has 0 aromatic carbocycles. The van der Waals surface area contributed by atoms with E-state index in [-0.39, 0.29) is 29.7 Å². The minimum Gasteiger partial charge on any atom is -0.310 e. The molecular weight excluding hydrogens is 354 g/mol. The van der Waals surface area contributed by atoms with Gasteiger partial charge in [-0.1, -0.05) is 26.3 Å². The first-order chi connectivity index (χ1) is 12.3. The number of aromatic nitrogens is 1. The molecule has 0 spiro atoms. The van der Waals surface area contributed by atoms with Gasteiger partial charge in [0.2, 0.25) is 5.91 Å². The van der Waals surface area contributed by atoms with E-state index in [1.165, 1.54) is 6.07 Å². The fourth-order valence-corrected chi connectivity index (χ4v) is 4.54. The molecule has 0 bridgehead atoms. The topological polar surface area (TPSA) is 96.4 Å². The molecule has 1 amide bonds. The molecular formula is C18H27N3O4S. The Morgan fingerprint density at radius 1 is 1.42 bits per heavy atom. The Bertz CT molecular complexity index is 763. The summed E-state index contributed by atoms with van der Waals surface area (Å²) in [6.07, 6.45) is 1.78. The van der Waals surface area contributed by atoms with Crippen molar-refractivity contribution in [3.63, 3.8) is 0 Å². The van der Waals surface area contributed by atoms with Gasteiger partial charge in [-0.2, -0.15) is 8.42 Å². The number of pyridine rings is 1. The zero-order valence-corrected chi connectivity index (χ0v) is 16.4. The van der Waals surface area contributed by atoms with Gasteiger partial charge in [0.15, 0.2) is 10.8 Å². The van der Waals surface area contributed by atoms with Gasteiger partial charge in [-0.3, -0.25) is 9.59 Å². The number of sulfonamides is 1. The van der Waals surface area contributed by atoms with Crippen molar-refractivity contribution in [1.29, 1.82) is 0 Å². The van der Waals surface area contributed by atoms with Crippen LogP contribution >= 0.6 is 0 Å². The number of hydrogen-bond donors (Lipinski definition) is 1. The van der Waals surface area contributed by atoms with E-state index < -0.39 is 22.0 Å². The van der Waals surface area contributed by atoms with E-state index in [0.29, 0.717) is 25.1 Å². The van der Waals surface area contributed by atoms with Crippen LogP contribution in [0, 0.1) is 12.8 Å². The first-order valence-corrected chi connectivity index (χ1v) is 10.5. The van der Waals surface area contributed by atoms with E-state index in [1.54, 1.807) is 19.1 Å². The smallest absolute Gasteiger partial charge is 0.284 e. The van der Waals surface area contributed by atoms with E-state index in [0.717, 1.165) is 10.7 Å². The molecule has 144 valence electrons. The van der Waals surface area contributed by atoms with Crippen LogP contribution in [0.5, 0.6) is 0 Å². The molecule has 1 aliphatic heterocycles. The molecule has 1 N–H and O–H groups in total. The monoisotopic (exact) mass is 381 g/mol. The Kier molecular flexibility index (Phi) is 6.88. The lowest BCUT2D eigenvalue weighted by atomic mass is 10.0. The van der Waals surface area contributed by atoms with Crippen LogP contribution in [-0.4, -0.2) is 48.5 Å². The molecule has 1 aliphatic rings. The Labute approximate surface area is 155 Å². The predicted octanol–water partition coefficient (Wildman–Crippen LogP) is 1.66. The van der Waals surface area contributed by atoms with Crippen LogP contribution in [0.15, 0.2) is 23.2 Å². The van der Waals surface area contributed by atoms with Gasteiger partial charge in [0.1, 0.15) is 6.04 Å². The van der Waals surface area contributed by atoms with Crippen molar-refractivity contribution in [2.75, 3.05) is 13.1 Å². The molecule has 0 aliphatic carbocycles. The summed E-state index contributed by atoms with van der Waals surface area (Å²) in [5.74, 6) is -0.788. The fraction of sp³-hybridized carbons (Fsp3) is 0.611. The number of ketones is 1. The van der Waals surface area contributed by atoms with Crippen molar-refractivity contribution >= 4 is 21.7 Å². The highest BCUT2D eigenvalue weighted by atomic mass is 32.2. The Morgan fingerprint density at radius 2 is 2.15 bits per heavy atom. The Morgan fingerprint density at radius 3 is 2.81 bits per heavy atom. The zero-order chi connectivity index (χ0) is 19.3. The van der Waals surface area contributed by atoms with E-state index in [1.807, 2.05) is 13.8 Å². The summed E-state index contributed by atoms with van der Waals surface area (Å²) < 4.78 is 27.2. The summed E-state index contributed by atoms with van der Waals surface area (Å²) in [5, 5.41) is 2.78. The molecule has 8 heteroatoms. The number of amides is 1. The molecule has 2 heterocycles. The highest BCUT2D eigenvalue weighted by Crippen LogP contribution is 2.24. The van der Waals surface area contributed by atoms with Crippen LogP contribution in [0.2, 0.25) is 0 Å². The third-order valence-corrected chi connectivity index (χ3v) is 6.37. The maximum Gasteiger partial charge on any atom is 0.284 e. The third-order valence-electron chi connectivity index (χ3n) is 4.64. The minimum atomic E-state index is -4.20. The number of aryl methyl sites for hydroxylation is 1. The second-order valence-electron chi connectivity index (χ2n) is 6.83. The highest BCUT2D eigenvalue weighted by Gasteiger charge is 2.40. The summed E-state index contributed by atoms with van der Waals surface area (Å²) in [6, 6.07) is 3.66. The molecule has 1 aromatic rings. The van der Waals surface area contributed by atoms with Gasteiger partial charge < -0.3 is 5.32 Å². The first-order valence-electron chi connectivity index (χ1n) is 9.01. The van der Waals surface area contributed by atoms with Crippen LogP contribution in [0.4, 0.5) is 0 Å². The van der Waals surface area contributed by atoms with E-state index >= 15 is 0 Å². The van der Waals surface area contributed by atoms with Gasteiger partial charge in [0.05, 0.1) is 6.54 Å². The molecule has 0 saturated carbocycles. The Balaban J connectivity index is 2.48. The van der Waals surface area contributed by atoms with Gasteiger partial charge in [0.25, 0.3) is 10.0 Å². The third kappa shape index (κ3) is 4.67. The van der Waals surface area contributed by atoms with Crippen LogP contribution in [0.1, 0.15) is 45.2 Å². The average Bonchev–Trinajstić information content (AvgIpc) is 2.79. The second kappa shape index (κ2) is 8.73. The number of nitrogens with zero attached hydrogens (tertiary/aromatic N) is 2. The van der Waals surface area contributed by atoms with Crippen molar-refractivity contribution in [3.05, 3.63) is 23.9 Å². The van der Waals surface area contributed by atoms with Crippen molar-refractivity contribution in [2.45, 2.75) is 57.5 Å². The van der Waals surface area contributed by atoms with Gasteiger partial charge in [-0.25, -0.2) is 9.29 Å². The number of carbonyl (C=O) groups is 2. The van der Waals surface area contributed by atoms with Gasteiger partial charge in [0, 0.05) is 12.1 Å². The summed E-state index contributed by atoms with van der Waals surface area (Å²) in [6.45, 7) is 6.21. The lowest BCUT2D eigenvalue weighted by Gasteiger charge is -2.29. The van der Waals surface area contributed by atoms with Crippen LogP contribution in [0.3, 0.4) is 0 Å². The highest BCUT2D eigenvalue weighted by molar-refractivity contribution is 7.89. The minimum absolute atomic E-state index is 0.0321. The molecule has 2 rings (SSSR count). The molecule has 1 aromatic heterocycles. The van der Waals surface area contributed by atoms with Crippen molar-refractivity contribution in [3.8, 4) is 0 Å². The van der Waals surface area contributed by atoms with Crippen molar-refractivity contribution in [2.24, 2.45) is 5.92 Å². The number of carbonyl (C=O) groups excluding carboxylic acids is 2. The number of Topliss-reactive ketones (excluding diaryl/α,β-unsaturated/α-hetero) is 1. The number of rotatable bonds is 6. The predicted molar refractivity (Wildman–Crippen MR) is 98.0 cm³/mol. The lowest BCUT2D eigenvalue weighted by Crippen LogP contribution is -2.50. The zero-order valence-electron chi connectivity index (χ0n) is 15.6. The van der Waals surface area contributed by atoms with Crippen molar-refractivity contribution in [1.82, 2.24) is 14.6 Å². The van der Waals surface area contributed by atoms with Crippen LogP contribution in [0.25, 0.3) is 0 Å². The molecule has 0 radical (unpaired) electrons. The van der Waals surface area contributed by atoms with E-state index in [9.17, 15) is 18.0 Å². The summed E-state index contributed by atoms with van der Waals surface area (Å²) >= 11 is 0. The standard InChI is InChI=1S/C18H27N3O4S/c1-4-13(2)11-18(23)21(15-8-6-10-19-12-16(15)22)26(24,25)17-9-5-7-14(3)20-17/h5,7,9,13,15,19H,4,6,8,10-12H2,1-3H3/t13-,15?/m0/s1. The number of hydrogen-bond acceptors (Lipinski definition) is 6. The maximum absolute atomic E-state index is 13.2. The molecule has 1 fully saturated rings. The quantitative estimate of drug-likeness (QED) is 0.805. The molecule has 1 saturated heterocycles. The summed E-state index contributed by atoms with van der Waals surface area (Å²) in [5.41, 5.74) is 0.536. The fourth-order valence-electron chi connectivity index (χ4n) is 2.93. The first kappa shape index (κ1) is 20.5. The molecule has 7 nitrogen and oxygen atoms in total. The van der Waals surface area contributed by atoms with Gasteiger partial charge >= 0.3 is 0 Å². The van der Waals surface area contributed by atoms with E-state index in [4.69, 9.17) is 0 Å². The van der Waals surface area contributed by atoms with Gasteiger partial charge in [-0.05, 0) is 44.4 Å². The summed E-state index contributed by atoms with van der Waals surface area (Å²) in [7, 11) is -4.20. The molecule has 1 unspecified atom stereocenters. The largest absolute Gasteiger partial charge is 0.310 e. The molecule has 2 atom stereocenters. The van der Waals surface area contributed by atoms with E-state index in [2.05, 4.69) is 10.3 Å². The normalized spacial score (nSPS) is 19.7. The van der Waals surface area contributed by atoms with Gasteiger partial charge in [-0.15, -0.1) is 0 Å². The SMILES string of the molecule is CC[C@H](C)CC(=O)N(C1CCCNCC1=O)S(=O)(=O)c1cccc(C)n1. The summed E-state index contributed by atoms with van der Waals surface area (Å²) in [4.78, 5) is 29.5. The second-order valence-corrected chi connectivity index (χ2v) is 8.59.